The van der Waals surface area contributed by atoms with Gasteiger partial charge in [0.2, 0.25) is 17.7 Å². The minimum atomic E-state index is -1.27. The molecule has 4 rings (SSSR count). The monoisotopic (exact) mass is 479 g/mol. The molecule has 35 heavy (non-hydrogen) atoms. The summed E-state index contributed by atoms with van der Waals surface area (Å²) in [6.07, 6.45) is 0.788. The maximum absolute atomic E-state index is 14.4. The number of hydrogen-bond donors (Lipinski definition) is 1. The van der Waals surface area contributed by atoms with Gasteiger partial charge in [-0.25, -0.2) is 4.39 Å². The Bertz CT molecular complexity index is 1040. The summed E-state index contributed by atoms with van der Waals surface area (Å²) < 4.78 is 14.4. The second-order valence-electron chi connectivity index (χ2n) is 9.84. The number of nitrogens with one attached hydrogen (secondary N) is 1. The molecule has 0 radical (unpaired) electrons. The lowest BCUT2D eigenvalue weighted by Gasteiger charge is -2.31. The molecule has 3 atom stereocenters. The molecule has 2 aliphatic heterocycles. The number of amides is 3. The summed E-state index contributed by atoms with van der Waals surface area (Å²) in [5, 5.41) is 3.08. The highest BCUT2D eigenvalue weighted by molar-refractivity contribution is 5.91. The van der Waals surface area contributed by atoms with E-state index in [2.05, 4.69) is 31.3 Å². The van der Waals surface area contributed by atoms with Crippen molar-refractivity contribution in [2.75, 3.05) is 19.6 Å². The molecule has 0 aromatic heterocycles. The smallest absolute Gasteiger partial charge is 0.243 e. The number of benzene rings is 2. The van der Waals surface area contributed by atoms with E-state index < -0.39 is 18.3 Å². The molecule has 2 fully saturated rings. The Morgan fingerprint density at radius 3 is 2.31 bits per heavy atom. The third kappa shape index (κ3) is 5.89. The zero-order valence-electron chi connectivity index (χ0n) is 20.5. The lowest BCUT2D eigenvalue weighted by molar-refractivity contribution is -0.144. The highest BCUT2D eigenvalue weighted by Crippen LogP contribution is 2.27. The fourth-order valence-electron chi connectivity index (χ4n) is 4.91. The quantitative estimate of drug-likeness (QED) is 0.654. The van der Waals surface area contributed by atoms with Crippen molar-refractivity contribution < 1.29 is 18.8 Å². The molecule has 0 bridgehead atoms. The van der Waals surface area contributed by atoms with E-state index in [4.69, 9.17) is 0 Å². The van der Waals surface area contributed by atoms with Gasteiger partial charge >= 0.3 is 0 Å². The largest absolute Gasteiger partial charge is 0.343 e. The molecule has 0 spiro atoms. The number of likely N-dealkylation sites (tertiary alicyclic amines) is 2. The Labute approximate surface area is 206 Å². The van der Waals surface area contributed by atoms with Crippen molar-refractivity contribution >= 4 is 17.7 Å². The number of hydrogen-bond acceptors (Lipinski definition) is 3. The predicted molar refractivity (Wildman–Crippen MR) is 132 cm³/mol. The molecule has 2 saturated heterocycles. The molecule has 3 amide bonds. The van der Waals surface area contributed by atoms with Crippen LogP contribution < -0.4 is 5.32 Å². The van der Waals surface area contributed by atoms with Crippen LogP contribution in [0.2, 0.25) is 0 Å². The van der Waals surface area contributed by atoms with Gasteiger partial charge in [-0.3, -0.25) is 14.4 Å². The molecule has 0 saturated carbocycles. The van der Waals surface area contributed by atoms with Crippen LogP contribution in [0.1, 0.15) is 68.2 Å². The Morgan fingerprint density at radius 1 is 1.00 bits per heavy atom. The Balaban J connectivity index is 1.52. The van der Waals surface area contributed by atoms with Gasteiger partial charge in [-0.05, 0) is 35.4 Å². The minimum Gasteiger partial charge on any atom is -0.343 e. The first kappa shape index (κ1) is 24.9. The second-order valence-corrected chi connectivity index (χ2v) is 9.84. The van der Waals surface area contributed by atoms with E-state index >= 15 is 0 Å². The molecule has 6 nitrogen and oxygen atoms in total. The van der Waals surface area contributed by atoms with Gasteiger partial charge in [0, 0.05) is 19.4 Å². The van der Waals surface area contributed by atoms with Gasteiger partial charge in [0.25, 0.3) is 0 Å². The Morgan fingerprint density at radius 2 is 1.66 bits per heavy atom. The maximum atomic E-state index is 14.4. The van der Waals surface area contributed by atoms with E-state index in [1.54, 1.807) is 0 Å². The van der Waals surface area contributed by atoms with E-state index in [0.29, 0.717) is 18.9 Å². The maximum Gasteiger partial charge on any atom is 0.243 e. The van der Waals surface area contributed by atoms with Crippen LogP contribution in [0.25, 0.3) is 0 Å². The topological polar surface area (TPSA) is 69.7 Å². The van der Waals surface area contributed by atoms with Gasteiger partial charge in [0.05, 0.1) is 19.1 Å². The van der Waals surface area contributed by atoms with Gasteiger partial charge in [-0.2, -0.15) is 0 Å². The minimum absolute atomic E-state index is 0.0423. The molecular weight excluding hydrogens is 445 g/mol. The summed E-state index contributed by atoms with van der Waals surface area (Å²) in [5.74, 6) is -0.431. The van der Waals surface area contributed by atoms with Crippen molar-refractivity contribution in [3.63, 3.8) is 0 Å². The fraction of sp³-hybridized carbons (Fsp3) is 0.464. The van der Waals surface area contributed by atoms with Crippen LogP contribution in [-0.4, -0.2) is 59.4 Å². The van der Waals surface area contributed by atoms with Crippen molar-refractivity contribution in [1.82, 2.24) is 15.1 Å². The zero-order chi connectivity index (χ0) is 24.9. The van der Waals surface area contributed by atoms with E-state index in [-0.39, 0.29) is 37.2 Å². The van der Waals surface area contributed by atoms with Gasteiger partial charge in [-0.15, -0.1) is 0 Å². The molecule has 2 aliphatic rings. The number of halogens is 1. The van der Waals surface area contributed by atoms with Crippen LogP contribution in [0.4, 0.5) is 4.39 Å². The molecule has 2 heterocycles. The lowest BCUT2D eigenvalue weighted by atomic mass is 9.95. The van der Waals surface area contributed by atoms with E-state index in [9.17, 15) is 18.8 Å². The molecule has 7 heteroatoms. The molecule has 2 aromatic carbocycles. The second kappa shape index (κ2) is 11.0. The van der Waals surface area contributed by atoms with Gasteiger partial charge < -0.3 is 15.1 Å². The van der Waals surface area contributed by atoms with Crippen molar-refractivity contribution in [2.45, 2.75) is 63.7 Å². The number of nitrogens with zero attached hydrogens (tertiary/aromatic N) is 2. The summed E-state index contributed by atoms with van der Waals surface area (Å²) in [6, 6.07) is 16.4. The van der Waals surface area contributed by atoms with Crippen LogP contribution >= 0.6 is 0 Å². The first-order chi connectivity index (χ1) is 16.8. The SMILES string of the molecule is CC(C)c1ccc(C(NC(=O)C2CC(F)CN2C(=O)CN2CCCCC2=O)c2ccccc2)cc1. The van der Waals surface area contributed by atoms with Crippen LogP contribution in [-0.2, 0) is 14.4 Å². The normalized spacial score (nSPS) is 21.3. The number of carbonyl (C=O) groups excluding carboxylic acids is 3. The standard InChI is InChI=1S/C28H34FN3O3/c1-19(2)20-11-13-22(14-12-20)27(21-8-4-3-5-9-21)30-28(35)24-16-23(29)17-32(24)26(34)18-31-15-7-6-10-25(31)33/h3-5,8-9,11-14,19,23-24,27H,6-7,10,15-18H2,1-2H3,(H,30,35). The van der Waals surface area contributed by atoms with Crippen LogP contribution in [0.15, 0.2) is 54.6 Å². The zero-order valence-corrected chi connectivity index (χ0v) is 20.5. The Hall–Kier alpha value is -3.22. The third-order valence-electron chi connectivity index (χ3n) is 6.98. The van der Waals surface area contributed by atoms with Crippen molar-refractivity contribution in [1.29, 1.82) is 0 Å². The summed E-state index contributed by atoms with van der Waals surface area (Å²) in [7, 11) is 0. The molecular formula is C28H34FN3O3. The van der Waals surface area contributed by atoms with Gasteiger partial charge in [0.15, 0.2) is 0 Å². The highest BCUT2D eigenvalue weighted by Gasteiger charge is 2.41. The molecule has 2 aromatic rings. The molecule has 3 unspecified atom stereocenters. The lowest BCUT2D eigenvalue weighted by Crippen LogP contribution is -2.51. The van der Waals surface area contributed by atoms with Crippen LogP contribution in [0.5, 0.6) is 0 Å². The summed E-state index contributed by atoms with van der Waals surface area (Å²) in [6.45, 7) is 4.55. The number of alkyl halides is 1. The number of piperidine rings is 1. The first-order valence-electron chi connectivity index (χ1n) is 12.5. The van der Waals surface area contributed by atoms with Gasteiger partial charge in [-0.1, -0.05) is 68.4 Å². The third-order valence-corrected chi connectivity index (χ3v) is 6.98. The predicted octanol–water partition coefficient (Wildman–Crippen LogP) is 3.97. The summed E-state index contributed by atoms with van der Waals surface area (Å²) in [5.41, 5.74) is 3.03. The van der Waals surface area contributed by atoms with Crippen LogP contribution in [0.3, 0.4) is 0 Å². The average Bonchev–Trinajstić information content (AvgIpc) is 3.26. The van der Waals surface area contributed by atoms with Crippen molar-refractivity contribution in [3.8, 4) is 0 Å². The Kier molecular flexibility index (Phi) is 7.83. The van der Waals surface area contributed by atoms with Crippen LogP contribution in [0, 0.1) is 0 Å². The summed E-state index contributed by atoms with van der Waals surface area (Å²) >= 11 is 0. The highest BCUT2D eigenvalue weighted by atomic mass is 19.1. The number of carbonyl (C=O) groups is 3. The van der Waals surface area contributed by atoms with Crippen molar-refractivity contribution in [3.05, 3.63) is 71.3 Å². The summed E-state index contributed by atoms with van der Waals surface area (Å²) in [4.78, 5) is 41.5. The van der Waals surface area contributed by atoms with Gasteiger partial charge in [0.1, 0.15) is 12.2 Å². The van der Waals surface area contributed by atoms with E-state index in [0.717, 1.165) is 24.0 Å². The molecule has 0 aliphatic carbocycles. The average molecular weight is 480 g/mol. The first-order valence-corrected chi connectivity index (χ1v) is 12.5. The fourth-order valence-corrected chi connectivity index (χ4v) is 4.91. The molecule has 186 valence electrons. The number of rotatable bonds is 7. The molecule has 1 N–H and O–H groups in total. The van der Waals surface area contributed by atoms with E-state index in [1.165, 1.54) is 15.4 Å². The van der Waals surface area contributed by atoms with E-state index in [1.807, 2.05) is 42.5 Å². The van der Waals surface area contributed by atoms with Crippen molar-refractivity contribution in [2.24, 2.45) is 0 Å².